The molecular formula is C14H17FN4O5S. The van der Waals surface area contributed by atoms with E-state index in [0.29, 0.717) is 6.54 Å². The van der Waals surface area contributed by atoms with Crippen LogP contribution in [0.15, 0.2) is 12.1 Å². The maximum Gasteiger partial charge on any atom is 0.262 e. The Labute approximate surface area is 143 Å². The molecular weight excluding hydrogens is 355 g/mol. The van der Waals surface area contributed by atoms with E-state index in [1.807, 2.05) is 5.43 Å². The molecule has 2 heterocycles. The van der Waals surface area contributed by atoms with Gasteiger partial charge in [-0.3, -0.25) is 15.0 Å². The maximum absolute atomic E-state index is 14.4. The Bertz CT molecular complexity index is 800. The number of nitrogens with one attached hydrogen (secondary N) is 3. The lowest BCUT2D eigenvalue weighted by atomic mass is 10.1. The predicted octanol–water partition coefficient (Wildman–Crippen LogP) is -0.806. The summed E-state index contributed by atoms with van der Waals surface area (Å²) < 4.78 is 38.3. The Balaban J connectivity index is 1.85. The van der Waals surface area contributed by atoms with E-state index in [9.17, 15) is 27.5 Å². The zero-order valence-corrected chi connectivity index (χ0v) is 13.9. The molecule has 11 heteroatoms. The summed E-state index contributed by atoms with van der Waals surface area (Å²) in [7, 11) is -4.13. The Morgan fingerprint density at radius 3 is 2.72 bits per heavy atom. The predicted molar refractivity (Wildman–Crippen MR) is 85.8 cm³/mol. The number of halogens is 1. The summed E-state index contributed by atoms with van der Waals surface area (Å²) in [6.45, 7) is 1.46. The second kappa shape index (κ2) is 6.48. The van der Waals surface area contributed by atoms with Crippen molar-refractivity contribution < 1.29 is 27.5 Å². The van der Waals surface area contributed by atoms with E-state index < -0.39 is 44.8 Å². The molecule has 2 amide bonds. The van der Waals surface area contributed by atoms with Crippen LogP contribution in [0.25, 0.3) is 0 Å². The van der Waals surface area contributed by atoms with Gasteiger partial charge in [-0.15, -0.1) is 0 Å². The number of benzene rings is 1. The lowest BCUT2D eigenvalue weighted by Crippen LogP contribution is -2.45. The van der Waals surface area contributed by atoms with Crippen LogP contribution in [0.1, 0.15) is 23.2 Å². The van der Waals surface area contributed by atoms with Crippen molar-refractivity contribution >= 4 is 27.5 Å². The van der Waals surface area contributed by atoms with Crippen molar-refractivity contribution in [2.24, 2.45) is 0 Å². The lowest BCUT2D eigenvalue weighted by molar-refractivity contribution is -0.117. The number of amides is 2. The summed E-state index contributed by atoms with van der Waals surface area (Å²) in [5.41, 5.74) is 1.09. The average molecular weight is 372 g/mol. The van der Waals surface area contributed by atoms with E-state index in [-0.39, 0.29) is 16.0 Å². The van der Waals surface area contributed by atoms with Gasteiger partial charge in [0.15, 0.2) is 17.3 Å². The van der Waals surface area contributed by atoms with Gasteiger partial charge >= 0.3 is 0 Å². The van der Waals surface area contributed by atoms with E-state index in [0.717, 1.165) is 31.5 Å². The fourth-order valence-electron chi connectivity index (χ4n) is 2.80. The Morgan fingerprint density at radius 1 is 1.40 bits per heavy atom. The second-order valence-corrected chi connectivity index (χ2v) is 7.72. The number of rotatable bonds is 3. The SMILES string of the molecule is O=C1CS(=O)(=O)N(c2c(O)cc(C(=O)N[C@H]3CCCNC3)cc2F)N1. The van der Waals surface area contributed by atoms with Crippen molar-refractivity contribution in [1.29, 1.82) is 0 Å². The number of phenols is 1. The van der Waals surface area contributed by atoms with Crippen molar-refractivity contribution in [3.63, 3.8) is 0 Å². The molecule has 0 bridgehead atoms. The highest BCUT2D eigenvalue weighted by atomic mass is 32.2. The van der Waals surface area contributed by atoms with Gasteiger partial charge in [-0.25, -0.2) is 12.8 Å². The van der Waals surface area contributed by atoms with E-state index in [1.165, 1.54) is 0 Å². The van der Waals surface area contributed by atoms with Crippen LogP contribution in [0.2, 0.25) is 0 Å². The molecule has 2 aliphatic rings. The quantitative estimate of drug-likeness (QED) is 0.550. The normalized spacial score (nSPS) is 22.5. The van der Waals surface area contributed by atoms with E-state index in [4.69, 9.17) is 0 Å². The molecule has 25 heavy (non-hydrogen) atoms. The first kappa shape index (κ1) is 17.4. The number of nitrogens with zero attached hydrogens (tertiary/aromatic N) is 1. The van der Waals surface area contributed by atoms with Gasteiger partial charge in [0.05, 0.1) is 0 Å². The van der Waals surface area contributed by atoms with Crippen LogP contribution < -0.4 is 20.5 Å². The number of piperidine rings is 1. The number of hydrogen-bond donors (Lipinski definition) is 4. The largest absolute Gasteiger partial charge is 0.506 e. The van der Waals surface area contributed by atoms with Crippen molar-refractivity contribution in [2.75, 3.05) is 23.3 Å². The zero-order chi connectivity index (χ0) is 18.2. The monoisotopic (exact) mass is 372 g/mol. The van der Waals surface area contributed by atoms with Crippen molar-refractivity contribution in [3.8, 4) is 5.75 Å². The minimum absolute atomic E-state index is 0.107. The van der Waals surface area contributed by atoms with Crippen LogP contribution in [0, 0.1) is 5.82 Å². The van der Waals surface area contributed by atoms with Gasteiger partial charge in [0.1, 0.15) is 5.75 Å². The molecule has 1 aromatic carbocycles. The first-order valence-electron chi connectivity index (χ1n) is 7.64. The van der Waals surface area contributed by atoms with Crippen molar-refractivity contribution in [2.45, 2.75) is 18.9 Å². The van der Waals surface area contributed by atoms with Gasteiger partial charge in [-0.2, -0.15) is 4.41 Å². The summed E-state index contributed by atoms with van der Waals surface area (Å²) >= 11 is 0. The minimum atomic E-state index is -4.13. The highest BCUT2D eigenvalue weighted by Crippen LogP contribution is 2.34. The van der Waals surface area contributed by atoms with Gasteiger partial charge in [-0.05, 0) is 31.5 Å². The number of carbonyl (C=O) groups is 2. The van der Waals surface area contributed by atoms with Gasteiger partial charge in [0.2, 0.25) is 0 Å². The lowest BCUT2D eigenvalue weighted by Gasteiger charge is -2.24. The first-order valence-corrected chi connectivity index (χ1v) is 9.25. The first-order chi connectivity index (χ1) is 11.8. The number of aromatic hydroxyl groups is 1. The molecule has 136 valence electrons. The Hall–Kier alpha value is -2.40. The van der Waals surface area contributed by atoms with Crippen molar-refractivity contribution in [3.05, 3.63) is 23.5 Å². The summed E-state index contributed by atoms with van der Waals surface area (Å²) in [5, 5.41) is 15.9. The van der Waals surface area contributed by atoms with Crippen LogP contribution in [0.3, 0.4) is 0 Å². The molecule has 2 fully saturated rings. The number of phenolic OH excluding ortho intramolecular Hbond substituents is 1. The molecule has 0 aromatic heterocycles. The maximum atomic E-state index is 14.4. The Morgan fingerprint density at radius 2 is 2.16 bits per heavy atom. The topological polar surface area (TPSA) is 128 Å². The smallest absolute Gasteiger partial charge is 0.262 e. The van der Waals surface area contributed by atoms with Gasteiger partial charge in [-0.1, -0.05) is 0 Å². The molecule has 2 aliphatic heterocycles. The van der Waals surface area contributed by atoms with E-state index in [1.54, 1.807) is 0 Å². The van der Waals surface area contributed by atoms with Gasteiger partial charge in [0, 0.05) is 18.2 Å². The highest BCUT2D eigenvalue weighted by Gasteiger charge is 2.38. The fourth-order valence-corrected chi connectivity index (χ4v) is 4.03. The molecule has 0 unspecified atom stereocenters. The molecule has 9 nitrogen and oxygen atoms in total. The molecule has 1 aromatic rings. The number of hydrogen-bond acceptors (Lipinski definition) is 6. The third-order valence-corrected chi connectivity index (χ3v) is 5.42. The van der Waals surface area contributed by atoms with Crippen LogP contribution in [-0.2, 0) is 14.8 Å². The molecule has 0 radical (unpaired) electrons. The third kappa shape index (κ3) is 3.51. The van der Waals surface area contributed by atoms with Crippen molar-refractivity contribution in [1.82, 2.24) is 16.1 Å². The fraction of sp³-hybridized carbons (Fsp3) is 0.429. The van der Waals surface area contributed by atoms with Crippen LogP contribution >= 0.6 is 0 Å². The number of anilines is 1. The third-order valence-electron chi connectivity index (χ3n) is 3.96. The number of carbonyl (C=O) groups excluding carboxylic acids is 2. The number of sulfonamides is 1. The molecule has 3 rings (SSSR count). The molecule has 0 saturated carbocycles. The van der Waals surface area contributed by atoms with Gasteiger partial charge < -0.3 is 15.7 Å². The molecule has 1 atom stereocenters. The van der Waals surface area contributed by atoms with E-state index in [2.05, 4.69) is 10.6 Å². The standard InChI is InChI=1S/C14H17FN4O5S/c15-10-4-8(14(22)17-9-2-1-3-16-6-9)5-11(20)13(10)19-18-12(21)7-25(19,23)24/h4-5,9,16,20H,1-3,6-7H2,(H,17,22)(H,18,21)/t9-/m0/s1. The summed E-state index contributed by atoms with van der Waals surface area (Å²) in [6.07, 6.45) is 1.68. The molecule has 2 saturated heterocycles. The van der Waals surface area contributed by atoms with E-state index >= 15 is 0 Å². The average Bonchev–Trinajstić information content (AvgIpc) is 2.80. The second-order valence-electron chi connectivity index (χ2n) is 5.90. The molecule has 0 spiro atoms. The highest BCUT2D eigenvalue weighted by molar-refractivity contribution is 7.93. The molecule has 4 N–H and O–H groups in total. The minimum Gasteiger partial charge on any atom is -0.506 e. The van der Waals surface area contributed by atoms with Gasteiger partial charge in [0.25, 0.3) is 21.8 Å². The Kier molecular flexibility index (Phi) is 4.52. The summed E-state index contributed by atoms with van der Waals surface area (Å²) in [4.78, 5) is 23.5. The van der Waals surface area contributed by atoms with Crippen LogP contribution in [0.5, 0.6) is 5.75 Å². The number of hydrazine groups is 1. The zero-order valence-electron chi connectivity index (χ0n) is 13.1. The summed E-state index contributed by atoms with van der Waals surface area (Å²) in [5.74, 6) is -4.17. The summed E-state index contributed by atoms with van der Waals surface area (Å²) in [6, 6.07) is 1.68. The van der Waals surface area contributed by atoms with Crippen LogP contribution in [0.4, 0.5) is 10.1 Å². The molecule has 0 aliphatic carbocycles. The van der Waals surface area contributed by atoms with Crippen LogP contribution in [-0.4, -0.2) is 50.2 Å².